The van der Waals surface area contributed by atoms with Crippen LogP contribution >= 0.6 is 0 Å². The van der Waals surface area contributed by atoms with Crippen LogP contribution in [0.15, 0.2) is 0 Å². The fraction of sp³-hybridized carbons (Fsp3) is 0.931. The first-order chi connectivity index (χ1) is 33.4. The summed E-state index contributed by atoms with van der Waals surface area (Å²) in [6.45, 7) is -3.17. The third-order valence-electron chi connectivity index (χ3n) is 10.5. The zero-order chi connectivity index (χ0) is 55.3. The molecule has 0 saturated carbocycles. The van der Waals surface area contributed by atoms with Gasteiger partial charge in [-0.25, -0.2) is 22.1 Å². The molecule has 73 heavy (non-hydrogen) atoms. The fourth-order valence-corrected chi connectivity index (χ4v) is 9.67. The van der Waals surface area contributed by atoms with Crippen molar-refractivity contribution in [2.75, 3.05) is 26.4 Å². The summed E-state index contributed by atoms with van der Waals surface area (Å²) in [5.74, 6) is -4.32. The van der Waals surface area contributed by atoms with Gasteiger partial charge in [-0.1, -0.05) is 0 Å². The lowest BCUT2D eigenvalue weighted by atomic mass is 9.94. The van der Waals surface area contributed by atoms with Crippen molar-refractivity contribution in [2.45, 2.75) is 142 Å². The van der Waals surface area contributed by atoms with E-state index >= 15 is 0 Å². The molecule has 0 aliphatic carbocycles. The smallest absolute Gasteiger partial charge is 0.397 e. The van der Waals surface area contributed by atoms with Crippen LogP contribution in [0.1, 0.15) is 19.3 Å². The van der Waals surface area contributed by atoms with E-state index in [4.69, 9.17) is 43.6 Å². The first kappa shape index (κ1) is 63.2. The zero-order valence-corrected chi connectivity index (χ0v) is 40.4. The molecule has 4 heterocycles. The van der Waals surface area contributed by atoms with Crippen LogP contribution in [0.4, 0.5) is 0 Å². The maximum Gasteiger partial charge on any atom is 0.397 e. The summed E-state index contributed by atoms with van der Waals surface area (Å²) in [4.78, 5) is 24.5. The summed E-state index contributed by atoms with van der Waals surface area (Å²) >= 11 is 0. The molecule has 4 aliphatic heterocycles. The van der Waals surface area contributed by atoms with Crippen molar-refractivity contribution in [3.05, 3.63) is 0 Å². The van der Waals surface area contributed by atoms with E-state index in [9.17, 15) is 115 Å². The van der Waals surface area contributed by atoms with Crippen molar-refractivity contribution in [3.8, 4) is 0 Å². The van der Waals surface area contributed by atoms with E-state index in [1.165, 1.54) is 9.44 Å². The number of carboxylic acid groups (broad SMARTS) is 2. The van der Waals surface area contributed by atoms with Gasteiger partial charge >= 0.3 is 63.7 Å². The van der Waals surface area contributed by atoms with E-state index in [0.29, 0.717) is 12.8 Å². The number of rotatable bonds is 26. The number of nitrogens with one attached hydrogen (secondary N) is 2. The summed E-state index contributed by atoms with van der Waals surface area (Å²) in [7, 11) is -28.1. The molecule has 17 N–H and O–H groups in total. The first-order valence-electron chi connectivity index (χ1n) is 20.2. The lowest BCUT2D eigenvalue weighted by Crippen LogP contribution is -2.70. The van der Waals surface area contributed by atoms with Gasteiger partial charge in [-0.2, -0.15) is 51.5 Å². The zero-order valence-electron chi connectivity index (χ0n) is 36.3. The maximum absolute atomic E-state index is 12.8. The Labute approximate surface area is 411 Å². The quantitative estimate of drug-likeness (QED) is 0.0282. The number of aliphatic hydroxyl groups is 6. The minimum Gasteiger partial charge on any atom is -0.479 e. The highest BCUT2D eigenvalue weighted by Crippen LogP contribution is 2.36. The lowest BCUT2D eigenvalue weighted by Gasteiger charge is -2.49. The SMILES string of the molecule is NCCCCCO[C@H]1O[C@H](COS(=O)(=O)O)[C@@H](O[C@@H]2O[C@@H](C(=O)O)[C@@H](O[C@H]3O[C@H](COS(=O)(=O)O)[C@@H](O[C@@H]4O[C@H](C(=O)O)[C@@H](O)[C@H](O)[C@H]4O)[C@H](O)[C@H]3NS(=O)(=O)O)[C@H](O)[C@H]2OS(=O)(=O)O)[C@H](O)[C@H]1NS(=O)(=O)O. The molecule has 4 rings (SSSR count). The Morgan fingerprint density at radius 3 is 1.38 bits per heavy atom. The minimum atomic E-state index is -5.98. The Bertz CT molecular complexity index is 2430. The molecule has 0 bridgehead atoms. The second-order valence-corrected chi connectivity index (χ2v) is 21.3. The first-order valence-corrected chi connectivity index (χ1v) is 27.2. The third-order valence-corrected chi connectivity index (χ3v) is 13.0. The standard InChI is InChI=1S/C29H51N3O36S5/c30-4-2-1-3-5-58-26-10(31-69(43,44)45)12(33)19(8(61-26)6-59-71(49,50)51)64-29-22(68-73(55,56)57)17(38)20(23(67-29)25(41)42)65-27-11(32-70(46,47)48)13(34)18(9(62-27)7-60-72(52,53)54)63-28-16(37)14(35)15(36)21(66-28)24(39)40/h8-23,26-29,31-38H,1-7,30H2,(H,39,40)(H,41,42)(H,43,44,45)(H,46,47,48)(H,49,50,51)(H,52,53,54)(H,55,56,57)/t8-,9-,10-,11-,12-,13-,14+,15+,16-,17+,18-,19-,20+,21+,22-,23-,26+,27-,28-,29-/m1/s1. The van der Waals surface area contributed by atoms with Crippen LogP contribution < -0.4 is 15.2 Å². The average molecular weight is 1180 g/mol. The Morgan fingerprint density at radius 1 is 0.479 bits per heavy atom. The number of ether oxygens (including phenoxy) is 8. The lowest BCUT2D eigenvalue weighted by molar-refractivity contribution is -0.369. The molecule has 428 valence electrons. The van der Waals surface area contributed by atoms with Crippen molar-refractivity contribution in [1.82, 2.24) is 9.44 Å². The van der Waals surface area contributed by atoms with Crippen molar-refractivity contribution >= 4 is 63.7 Å². The minimum absolute atomic E-state index is 0.177. The monoisotopic (exact) mass is 1180 g/mol. The average Bonchev–Trinajstić information content (AvgIpc) is 3.23. The Balaban J connectivity index is 1.78. The molecule has 0 unspecified atom stereocenters. The summed E-state index contributed by atoms with van der Waals surface area (Å²) in [6.07, 6.45) is -45.9. The van der Waals surface area contributed by atoms with Gasteiger partial charge < -0.3 is 84.5 Å². The highest BCUT2D eigenvalue weighted by Gasteiger charge is 2.59. The van der Waals surface area contributed by atoms with E-state index < -0.39 is 200 Å². The summed E-state index contributed by atoms with van der Waals surface area (Å²) in [5.41, 5.74) is 5.44. The topological polar surface area (TPSA) is 619 Å². The van der Waals surface area contributed by atoms with E-state index in [1.54, 1.807) is 0 Å². The molecule has 20 atom stereocenters. The number of hydrogen-bond acceptors (Lipinski definition) is 30. The summed E-state index contributed by atoms with van der Waals surface area (Å²) in [6, 6.07) is -4.96. The second-order valence-electron chi connectivity index (χ2n) is 15.7. The molecule has 0 aromatic carbocycles. The molecule has 39 nitrogen and oxygen atoms in total. The van der Waals surface area contributed by atoms with Crippen LogP contribution in [0.2, 0.25) is 0 Å². The number of carbonyl (C=O) groups is 2. The highest BCUT2D eigenvalue weighted by atomic mass is 32.3. The molecule has 0 amide bonds. The van der Waals surface area contributed by atoms with Crippen molar-refractivity contribution in [3.63, 3.8) is 0 Å². The number of unbranched alkanes of at least 4 members (excludes halogenated alkanes) is 2. The molecule has 0 aromatic rings. The van der Waals surface area contributed by atoms with Gasteiger partial charge in [-0.15, -0.1) is 0 Å². The second kappa shape index (κ2) is 25.4. The van der Waals surface area contributed by atoms with Crippen LogP contribution in [-0.2, 0) is 112 Å². The van der Waals surface area contributed by atoms with Gasteiger partial charge in [0, 0.05) is 6.61 Å². The van der Waals surface area contributed by atoms with Crippen molar-refractivity contribution in [1.29, 1.82) is 0 Å². The van der Waals surface area contributed by atoms with E-state index in [1.807, 2.05) is 0 Å². The van der Waals surface area contributed by atoms with Gasteiger partial charge in [0.05, 0.1) is 13.2 Å². The van der Waals surface area contributed by atoms with Crippen LogP contribution in [0.25, 0.3) is 0 Å². The normalized spacial score (nSPS) is 38.2. The van der Waals surface area contributed by atoms with Gasteiger partial charge in [0.25, 0.3) is 0 Å². The van der Waals surface area contributed by atoms with Crippen LogP contribution in [0.3, 0.4) is 0 Å². The molecule has 4 saturated heterocycles. The molecule has 0 radical (unpaired) electrons. The predicted molar refractivity (Wildman–Crippen MR) is 218 cm³/mol. The van der Waals surface area contributed by atoms with E-state index in [0.717, 1.165) is 0 Å². The summed E-state index contributed by atoms with van der Waals surface area (Å²) in [5, 5.41) is 85.3. The van der Waals surface area contributed by atoms with Gasteiger partial charge in [0.15, 0.2) is 43.5 Å². The number of aliphatic hydroxyl groups excluding tert-OH is 6. The fourth-order valence-electron chi connectivity index (χ4n) is 7.38. The van der Waals surface area contributed by atoms with Gasteiger partial charge in [0.2, 0.25) is 0 Å². The molecular formula is C29H51N3O36S5. The molecule has 44 heteroatoms. The van der Waals surface area contributed by atoms with E-state index in [-0.39, 0.29) is 19.6 Å². The van der Waals surface area contributed by atoms with E-state index in [2.05, 4.69) is 12.5 Å². The van der Waals surface area contributed by atoms with Crippen LogP contribution in [0.5, 0.6) is 0 Å². The van der Waals surface area contributed by atoms with Gasteiger partial charge in [-0.05, 0) is 25.8 Å². The third kappa shape index (κ3) is 18.4. The van der Waals surface area contributed by atoms with Gasteiger partial charge in [-0.3, -0.25) is 22.8 Å². The molecule has 0 spiro atoms. The molecule has 0 aromatic heterocycles. The summed E-state index contributed by atoms with van der Waals surface area (Å²) < 4.78 is 226. The Hall–Kier alpha value is -2.31. The maximum atomic E-state index is 12.8. The number of nitrogens with two attached hydrogens (primary N) is 1. The molecule has 4 fully saturated rings. The molecular weight excluding hydrogens is 1130 g/mol. The Kier molecular flexibility index (Phi) is 22.0. The predicted octanol–water partition coefficient (Wildman–Crippen LogP) is -10.1. The van der Waals surface area contributed by atoms with Crippen molar-refractivity contribution < 1.29 is 166 Å². The number of hydrogen-bond donors (Lipinski definition) is 16. The van der Waals surface area contributed by atoms with Crippen LogP contribution in [-0.4, -0.2) is 267 Å². The van der Waals surface area contributed by atoms with Gasteiger partial charge in [0.1, 0.15) is 79.2 Å². The largest absolute Gasteiger partial charge is 0.479 e. The Morgan fingerprint density at radius 2 is 0.932 bits per heavy atom. The highest BCUT2D eigenvalue weighted by molar-refractivity contribution is 7.84. The number of aliphatic carboxylic acids is 2. The number of carboxylic acids is 2. The van der Waals surface area contributed by atoms with Crippen LogP contribution in [0, 0.1) is 0 Å². The van der Waals surface area contributed by atoms with Crippen molar-refractivity contribution in [2.24, 2.45) is 5.73 Å². The molecule has 4 aliphatic rings.